The summed E-state index contributed by atoms with van der Waals surface area (Å²) in [6.45, 7) is 6.19. The van der Waals surface area contributed by atoms with Crippen LogP contribution in [0.3, 0.4) is 0 Å². The Hall–Kier alpha value is -1.44. The Morgan fingerprint density at radius 3 is 3.05 bits per heavy atom. The van der Waals surface area contributed by atoms with Crippen molar-refractivity contribution < 1.29 is 4.79 Å². The molecule has 1 aromatic rings. The van der Waals surface area contributed by atoms with Crippen molar-refractivity contribution in [3.05, 3.63) is 34.9 Å². The summed E-state index contributed by atoms with van der Waals surface area (Å²) in [5.74, 6) is 7.04. The number of amides is 1. The minimum absolute atomic E-state index is 0.115. The second-order valence-electron chi connectivity index (χ2n) is 5.19. The molecular formula is C17H22N2OS. The van der Waals surface area contributed by atoms with Crippen LogP contribution in [0.25, 0.3) is 0 Å². The van der Waals surface area contributed by atoms with E-state index in [1.165, 1.54) is 0 Å². The first-order valence-electron chi connectivity index (χ1n) is 7.36. The molecule has 1 saturated heterocycles. The van der Waals surface area contributed by atoms with E-state index in [1.807, 2.05) is 41.8 Å². The number of hydrogen-bond donors (Lipinski definition) is 1. The predicted octanol–water partition coefficient (Wildman–Crippen LogP) is 2.27. The van der Waals surface area contributed by atoms with Gasteiger partial charge in [0.1, 0.15) is 0 Å². The minimum Gasteiger partial charge on any atom is -0.337 e. The summed E-state index contributed by atoms with van der Waals surface area (Å²) in [6.07, 6.45) is 1.11. The first-order chi connectivity index (χ1) is 10.2. The Bertz CT molecular complexity index is 574. The Kier molecular flexibility index (Phi) is 5.72. The van der Waals surface area contributed by atoms with Crippen LogP contribution in [0.2, 0.25) is 0 Å². The quantitative estimate of drug-likeness (QED) is 0.853. The lowest BCUT2D eigenvalue weighted by atomic mass is 10.0. The van der Waals surface area contributed by atoms with E-state index in [-0.39, 0.29) is 5.91 Å². The summed E-state index contributed by atoms with van der Waals surface area (Å²) in [5.41, 5.74) is 8.12. The maximum absolute atomic E-state index is 12.6. The van der Waals surface area contributed by atoms with Gasteiger partial charge in [-0.05, 0) is 31.0 Å². The van der Waals surface area contributed by atoms with Crippen LogP contribution in [0.15, 0.2) is 18.2 Å². The Balaban J connectivity index is 2.19. The number of benzene rings is 1. The fraction of sp³-hybridized carbons (Fsp3) is 0.471. The maximum atomic E-state index is 12.6. The van der Waals surface area contributed by atoms with Gasteiger partial charge in [0, 0.05) is 35.2 Å². The van der Waals surface area contributed by atoms with E-state index in [0.29, 0.717) is 11.8 Å². The normalized spacial score (nSPS) is 18.0. The van der Waals surface area contributed by atoms with E-state index in [2.05, 4.69) is 18.8 Å². The highest BCUT2D eigenvalue weighted by Gasteiger charge is 2.24. The van der Waals surface area contributed by atoms with Crippen molar-refractivity contribution in [3.63, 3.8) is 0 Å². The van der Waals surface area contributed by atoms with Crippen LogP contribution in [-0.4, -0.2) is 41.4 Å². The van der Waals surface area contributed by atoms with E-state index in [0.717, 1.165) is 42.0 Å². The average Bonchev–Trinajstić information content (AvgIpc) is 2.53. The second-order valence-corrected chi connectivity index (χ2v) is 6.60. The standard InChI is InChI=1S/C17H22N2OS/c1-3-16-12-19(9-10-21-16)17(20)15-7-6-13(2)14(11-15)5-4-8-18/h6-7,11,16H,3,8-10,12,18H2,1-2H3. The number of thioether (sulfide) groups is 1. The van der Waals surface area contributed by atoms with E-state index in [1.54, 1.807) is 0 Å². The number of nitrogens with two attached hydrogens (primary N) is 1. The number of carbonyl (C=O) groups is 1. The van der Waals surface area contributed by atoms with Crippen molar-refractivity contribution in [2.24, 2.45) is 5.73 Å². The van der Waals surface area contributed by atoms with Gasteiger partial charge in [-0.25, -0.2) is 0 Å². The number of carbonyl (C=O) groups excluding carboxylic acids is 1. The van der Waals surface area contributed by atoms with Gasteiger partial charge >= 0.3 is 0 Å². The summed E-state index contributed by atoms with van der Waals surface area (Å²) in [7, 11) is 0. The number of aryl methyl sites for hydroxylation is 1. The molecule has 2 N–H and O–H groups in total. The Labute approximate surface area is 131 Å². The van der Waals surface area contributed by atoms with E-state index < -0.39 is 0 Å². The molecule has 0 bridgehead atoms. The summed E-state index contributed by atoms with van der Waals surface area (Å²) in [4.78, 5) is 14.6. The Morgan fingerprint density at radius 2 is 2.33 bits per heavy atom. The summed E-state index contributed by atoms with van der Waals surface area (Å²) < 4.78 is 0. The van der Waals surface area contributed by atoms with Crippen molar-refractivity contribution in [2.75, 3.05) is 25.4 Å². The SMILES string of the molecule is CCC1CN(C(=O)c2ccc(C)c(C#CCN)c2)CCS1. The largest absolute Gasteiger partial charge is 0.337 e. The average molecular weight is 302 g/mol. The minimum atomic E-state index is 0.115. The van der Waals surface area contributed by atoms with Crippen LogP contribution < -0.4 is 5.73 Å². The van der Waals surface area contributed by atoms with E-state index in [9.17, 15) is 4.79 Å². The lowest BCUT2D eigenvalue weighted by molar-refractivity contribution is 0.0761. The van der Waals surface area contributed by atoms with Gasteiger partial charge in [-0.15, -0.1) is 0 Å². The third kappa shape index (κ3) is 4.03. The van der Waals surface area contributed by atoms with Gasteiger partial charge in [0.25, 0.3) is 5.91 Å². The third-order valence-electron chi connectivity index (χ3n) is 3.69. The van der Waals surface area contributed by atoms with Crippen molar-refractivity contribution in [2.45, 2.75) is 25.5 Å². The molecule has 1 aromatic carbocycles. The van der Waals surface area contributed by atoms with Gasteiger partial charge in [-0.3, -0.25) is 4.79 Å². The highest BCUT2D eigenvalue weighted by molar-refractivity contribution is 8.00. The molecule has 1 fully saturated rings. The zero-order valence-electron chi connectivity index (χ0n) is 12.7. The van der Waals surface area contributed by atoms with Crippen LogP contribution in [0.4, 0.5) is 0 Å². The summed E-state index contributed by atoms with van der Waals surface area (Å²) in [5, 5.41) is 0.560. The molecule has 1 amide bonds. The fourth-order valence-electron chi connectivity index (χ4n) is 2.37. The maximum Gasteiger partial charge on any atom is 0.253 e. The fourth-order valence-corrected chi connectivity index (χ4v) is 3.55. The van der Waals surface area contributed by atoms with Crippen molar-refractivity contribution in [1.29, 1.82) is 0 Å². The number of rotatable bonds is 2. The van der Waals surface area contributed by atoms with Crippen molar-refractivity contribution >= 4 is 17.7 Å². The van der Waals surface area contributed by atoms with Gasteiger partial charge in [-0.2, -0.15) is 11.8 Å². The van der Waals surface area contributed by atoms with E-state index >= 15 is 0 Å². The molecule has 0 radical (unpaired) electrons. The van der Waals surface area contributed by atoms with Gasteiger partial charge in [-0.1, -0.05) is 24.8 Å². The molecule has 1 aliphatic heterocycles. The van der Waals surface area contributed by atoms with Gasteiger partial charge in [0.05, 0.1) is 6.54 Å². The predicted molar refractivity (Wildman–Crippen MR) is 89.6 cm³/mol. The third-order valence-corrected chi connectivity index (χ3v) is 5.06. The van der Waals surface area contributed by atoms with Crippen LogP contribution in [0.5, 0.6) is 0 Å². The highest BCUT2D eigenvalue weighted by Crippen LogP contribution is 2.23. The smallest absolute Gasteiger partial charge is 0.253 e. The molecule has 0 saturated carbocycles. The van der Waals surface area contributed by atoms with Crippen molar-refractivity contribution in [3.8, 4) is 11.8 Å². The van der Waals surface area contributed by atoms with Crippen LogP contribution >= 0.6 is 11.8 Å². The lowest BCUT2D eigenvalue weighted by Crippen LogP contribution is -2.41. The molecule has 2 rings (SSSR count). The van der Waals surface area contributed by atoms with Crippen molar-refractivity contribution in [1.82, 2.24) is 4.90 Å². The number of hydrogen-bond acceptors (Lipinski definition) is 3. The van der Waals surface area contributed by atoms with Crippen LogP contribution in [-0.2, 0) is 0 Å². The Morgan fingerprint density at radius 1 is 1.52 bits per heavy atom. The zero-order chi connectivity index (χ0) is 15.2. The first kappa shape index (κ1) is 15.9. The lowest BCUT2D eigenvalue weighted by Gasteiger charge is -2.32. The molecule has 1 heterocycles. The molecule has 1 unspecified atom stereocenters. The summed E-state index contributed by atoms with van der Waals surface area (Å²) >= 11 is 1.97. The number of nitrogens with zero attached hydrogens (tertiary/aromatic N) is 1. The monoisotopic (exact) mass is 302 g/mol. The molecule has 0 aliphatic carbocycles. The summed E-state index contributed by atoms with van der Waals surface area (Å²) in [6, 6.07) is 5.75. The molecule has 0 aromatic heterocycles. The molecule has 3 nitrogen and oxygen atoms in total. The van der Waals surface area contributed by atoms with Gasteiger partial charge < -0.3 is 10.6 Å². The molecule has 4 heteroatoms. The second kappa shape index (κ2) is 7.53. The molecule has 1 aliphatic rings. The zero-order valence-corrected chi connectivity index (χ0v) is 13.5. The van der Waals surface area contributed by atoms with E-state index in [4.69, 9.17) is 5.73 Å². The van der Waals surface area contributed by atoms with Gasteiger partial charge in [0.2, 0.25) is 0 Å². The highest BCUT2D eigenvalue weighted by atomic mass is 32.2. The molecule has 0 spiro atoms. The molecule has 1 atom stereocenters. The molecular weight excluding hydrogens is 280 g/mol. The van der Waals surface area contributed by atoms with Gasteiger partial charge in [0.15, 0.2) is 0 Å². The van der Waals surface area contributed by atoms with Crippen LogP contribution in [0, 0.1) is 18.8 Å². The molecule has 21 heavy (non-hydrogen) atoms. The van der Waals surface area contributed by atoms with Crippen LogP contribution in [0.1, 0.15) is 34.8 Å². The topological polar surface area (TPSA) is 46.3 Å². The molecule has 112 valence electrons. The first-order valence-corrected chi connectivity index (χ1v) is 8.41.